The number of aliphatic hydroxyl groups excluding tert-OH is 1. The summed E-state index contributed by atoms with van der Waals surface area (Å²) in [4.78, 5) is 11.5. The summed E-state index contributed by atoms with van der Waals surface area (Å²) in [5.74, 6) is 0.0545. The van der Waals surface area contributed by atoms with Crippen LogP contribution in [0.2, 0.25) is 10.0 Å². The van der Waals surface area contributed by atoms with Crippen LogP contribution in [-0.2, 0) is 11.2 Å². The maximum Gasteiger partial charge on any atom is 0.262 e. The molecule has 0 fully saturated rings. The van der Waals surface area contributed by atoms with Crippen LogP contribution in [0.15, 0.2) is 30.3 Å². The van der Waals surface area contributed by atoms with E-state index in [9.17, 15) is 15.0 Å². The summed E-state index contributed by atoms with van der Waals surface area (Å²) in [6.45, 7) is 1.01. The van der Waals surface area contributed by atoms with Gasteiger partial charge in [-0.1, -0.05) is 23.2 Å². The Labute approximate surface area is 173 Å². The minimum Gasteiger partial charge on any atom is -0.508 e. The molecule has 1 heterocycles. The summed E-state index contributed by atoms with van der Waals surface area (Å²) in [6, 6.07) is 8.33. The van der Waals surface area contributed by atoms with E-state index in [-0.39, 0.29) is 18.3 Å². The summed E-state index contributed by atoms with van der Waals surface area (Å²) in [7, 11) is 4.01. The number of aliphatic hydroxyl groups is 1. The van der Waals surface area contributed by atoms with E-state index < -0.39 is 6.10 Å². The number of fused-ring (bicyclic) bond motifs is 1. The fourth-order valence-corrected chi connectivity index (χ4v) is 3.88. The van der Waals surface area contributed by atoms with Crippen LogP contribution in [0.25, 0.3) is 0 Å². The van der Waals surface area contributed by atoms with Gasteiger partial charge in [0.2, 0.25) is 0 Å². The zero-order valence-electron chi connectivity index (χ0n) is 15.7. The lowest BCUT2D eigenvalue weighted by Gasteiger charge is -2.33. The monoisotopic (exact) mass is 425 g/mol. The third kappa shape index (κ3) is 5.08. The number of nitrogens with one attached hydrogen (secondary N) is 1. The molecule has 8 heteroatoms. The molecule has 150 valence electrons. The number of carbonyl (C=O) groups excluding carboxylic acids is 1. The first-order chi connectivity index (χ1) is 13.1. The molecule has 0 bridgehead atoms. The average molecular weight is 426 g/mol. The number of carbonyl (C=O) groups is 1. The van der Waals surface area contributed by atoms with Gasteiger partial charge in [-0.05, 0) is 29.8 Å². The minimum absolute atomic E-state index is 0.0440. The van der Waals surface area contributed by atoms with Gasteiger partial charge in [-0.15, -0.1) is 0 Å². The normalized spacial score (nSPS) is 14.8. The van der Waals surface area contributed by atoms with Gasteiger partial charge in [-0.25, -0.2) is 0 Å². The number of benzene rings is 2. The zero-order valence-corrected chi connectivity index (χ0v) is 17.2. The summed E-state index contributed by atoms with van der Waals surface area (Å²) >= 11 is 12.1. The maximum atomic E-state index is 11.5. The number of aromatic hydroxyl groups is 1. The van der Waals surface area contributed by atoms with Gasteiger partial charge in [0.05, 0.1) is 26.3 Å². The lowest BCUT2D eigenvalue weighted by atomic mass is 10.0. The van der Waals surface area contributed by atoms with E-state index in [1.807, 2.05) is 26.2 Å². The molecule has 3 rings (SSSR count). The van der Waals surface area contributed by atoms with Crippen molar-refractivity contribution in [3.05, 3.63) is 51.5 Å². The number of nitrogens with zero attached hydrogens (tertiary/aromatic N) is 1. The third-order valence-electron chi connectivity index (χ3n) is 4.68. The molecule has 6 nitrogen and oxygen atoms in total. The molecule has 0 saturated carbocycles. The Morgan fingerprint density at radius 2 is 1.86 bits per heavy atom. The molecule has 1 atom stereocenters. The van der Waals surface area contributed by atoms with Crippen molar-refractivity contribution >= 4 is 34.8 Å². The number of hydrogen-bond donors (Lipinski definition) is 3. The molecule has 1 unspecified atom stereocenters. The largest absolute Gasteiger partial charge is 0.508 e. The molecular weight excluding hydrogens is 403 g/mol. The Morgan fingerprint density at radius 3 is 2.54 bits per heavy atom. The second kappa shape index (κ2) is 8.17. The number of quaternary nitrogens is 1. The molecule has 3 N–H and O–H groups in total. The maximum absolute atomic E-state index is 11.5. The molecule has 1 aliphatic heterocycles. The van der Waals surface area contributed by atoms with Crippen LogP contribution >= 0.6 is 23.2 Å². The number of hydrogen-bond acceptors (Lipinski definition) is 4. The van der Waals surface area contributed by atoms with Gasteiger partial charge in [0, 0.05) is 28.1 Å². The molecule has 2 aromatic carbocycles. The van der Waals surface area contributed by atoms with E-state index in [0.717, 1.165) is 18.5 Å². The standard InChI is InChI=1S/C20H22Cl2N2O4/c1-24(2,4-3-12-5-13(21)7-14(22)6-12)10-18(26)16-8-15(25)9-17-20(16)28-11-19(27)23-17/h5-9,18,26H,3-4,10-11H2,1-2H3,(H-,23,25,27)/p+1. The molecular formula is C20H23Cl2N2O4+. The predicted molar refractivity (Wildman–Crippen MR) is 109 cm³/mol. The second-order valence-electron chi connectivity index (χ2n) is 7.63. The lowest BCUT2D eigenvalue weighted by Crippen LogP contribution is -2.44. The summed E-state index contributed by atoms with van der Waals surface area (Å²) in [6.07, 6.45) is -0.140. The SMILES string of the molecule is C[N+](C)(CCc1cc(Cl)cc(Cl)c1)CC(O)c1cc(O)cc2c1OCC(=O)N2. The molecule has 0 radical (unpaired) electrons. The second-order valence-corrected chi connectivity index (χ2v) is 8.51. The van der Waals surface area contributed by atoms with E-state index in [0.29, 0.717) is 38.1 Å². The highest BCUT2D eigenvalue weighted by molar-refractivity contribution is 6.34. The fraction of sp³-hybridized carbons (Fsp3) is 0.350. The lowest BCUT2D eigenvalue weighted by molar-refractivity contribution is -0.893. The quantitative estimate of drug-likeness (QED) is 0.619. The molecule has 1 amide bonds. The number of phenols is 1. The number of ether oxygens (including phenoxy) is 1. The van der Waals surface area contributed by atoms with Crippen molar-refractivity contribution in [3.63, 3.8) is 0 Å². The van der Waals surface area contributed by atoms with Crippen LogP contribution in [0, 0.1) is 0 Å². The molecule has 0 aliphatic carbocycles. The molecule has 2 aromatic rings. The number of halogens is 2. The van der Waals surface area contributed by atoms with Crippen molar-refractivity contribution in [1.82, 2.24) is 0 Å². The molecule has 28 heavy (non-hydrogen) atoms. The van der Waals surface area contributed by atoms with Crippen molar-refractivity contribution in [1.29, 1.82) is 0 Å². The molecule has 0 spiro atoms. The number of anilines is 1. The van der Waals surface area contributed by atoms with Crippen LogP contribution < -0.4 is 10.1 Å². The van der Waals surface area contributed by atoms with E-state index in [2.05, 4.69) is 5.32 Å². The van der Waals surface area contributed by atoms with Crippen molar-refractivity contribution in [3.8, 4) is 11.5 Å². The van der Waals surface area contributed by atoms with Gasteiger partial charge < -0.3 is 24.7 Å². The van der Waals surface area contributed by atoms with Crippen LogP contribution in [0.3, 0.4) is 0 Å². The highest BCUT2D eigenvalue weighted by Crippen LogP contribution is 2.39. The Bertz CT molecular complexity index is 882. The molecule has 0 aromatic heterocycles. The topological polar surface area (TPSA) is 78.8 Å². The van der Waals surface area contributed by atoms with Crippen molar-refractivity contribution < 1.29 is 24.2 Å². The van der Waals surface area contributed by atoms with Gasteiger partial charge in [0.25, 0.3) is 5.91 Å². The Kier molecular flexibility index (Phi) is 6.05. The van der Waals surface area contributed by atoms with Gasteiger partial charge in [0.15, 0.2) is 6.61 Å². The first-order valence-corrected chi connectivity index (χ1v) is 9.63. The fourth-order valence-electron chi connectivity index (χ4n) is 3.31. The van der Waals surface area contributed by atoms with Crippen molar-refractivity contribution in [2.45, 2.75) is 12.5 Å². The zero-order chi connectivity index (χ0) is 20.5. The van der Waals surface area contributed by atoms with Crippen LogP contribution in [0.4, 0.5) is 5.69 Å². The van der Waals surface area contributed by atoms with Gasteiger partial charge in [0.1, 0.15) is 24.1 Å². The first kappa shape index (κ1) is 20.7. The number of phenolic OH excluding ortho intramolecular Hbond substituents is 1. The predicted octanol–water partition coefficient (Wildman–Crippen LogP) is 3.38. The highest BCUT2D eigenvalue weighted by atomic mass is 35.5. The summed E-state index contributed by atoms with van der Waals surface area (Å²) in [5, 5.41) is 24.6. The third-order valence-corrected chi connectivity index (χ3v) is 5.11. The van der Waals surface area contributed by atoms with Crippen LogP contribution in [0.1, 0.15) is 17.2 Å². The summed E-state index contributed by atoms with van der Waals surface area (Å²) in [5.41, 5.74) is 1.84. The Balaban J connectivity index is 1.72. The smallest absolute Gasteiger partial charge is 0.262 e. The Hall–Kier alpha value is -1.99. The van der Waals surface area contributed by atoms with Gasteiger partial charge >= 0.3 is 0 Å². The van der Waals surface area contributed by atoms with Gasteiger partial charge in [-0.3, -0.25) is 4.79 Å². The minimum atomic E-state index is -0.881. The van der Waals surface area contributed by atoms with E-state index in [1.54, 1.807) is 6.07 Å². The van der Waals surface area contributed by atoms with Crippen LogP contribution in [-0.4, -0.2) is 54.4 Å². The van der Waals surface area contributed by atoms with E-state index in [1.165, 1.54) is 12.1 Å². The highest BCUT2D eigenvalue weighted by Gasteiger charge is 2.28. The van der Waals surface area contributed by atoms with E-state index in [4.69, 9.17) is 27.9 Å². The molecule has 0 saturated heterocycles. The van der Waals surface area contributed by atoms with Crippen molar-refractivity contribution in [2.75, 3.05) is 39.1 Å². The van der Waals surface area contributed by atoms with Crippen LogP contribution in [0.5, 0.6) is 11.5 Å². The Morgan fingerprint density at radius 1 is 1.18 bits per heavy atom. The number of amides is 1. The van der Waals surface area contributed by atoms with Gasteiger partial charge in [-0.2, -0.15) is 0 Å². The number of rotatable bonds is 6. The number of likely N-dealkylation sites (N-methyl/N-ethyl adjacent to an activating group) is 1. The van der Waals surface area contributed by atoms with Crippen molar-refractivity contribution in [2.24, 2.45) is 0 Å². The van der Waals surface area contributed by atoms with E-state index >= 15 is 0 Å². The molecule has 1 aliphatic rings. The first-order valence-electron chi connectivity index (χ1n) is 8.87. The summed E-state index contributed by atoms with van der Waals surface area (Å²) < 4.78 is 6.01. The average Bonchev–Trinajstić information content (AvgIpc) is 2.57.